The molecule has 0 fully saturated rings. The van der Waals surface area contributed by atoms with Crippen molar-refractivity contribution in [1.29, 1.82) is 0 Å². The molecule has 2 heterocycles. The maximum Gasteiger partial charge on any atom is 0.195 e. The van der Waals surface area contributed by atoms with E-state index in [0.29, 0.717) is 31.3 Å². The number of nitrogens with zero attached hydrogens (tertiary/aromatic N) is 2. The summed E-state index contributed by atoms with van der Waals surface area (Å²) in [6.07, 6.45) is 2.18. The topological polar surface area (TPSA) is 58.8 Å². The van der Waals surface area contributed by atoms with Gasteiger partial charge in [0, 0.05) is 25.2 Å². The van der Waals surface area contributed by atoms with Crippen molar-refractivity contribution in [2.75, 3.05) is 20.3 Å². The summed E-state index contributed by atoms with van der Waals surface area (Å²) in [6.45, 7) is 1.71. The van der Waals surface area contributed by atoms with E-state index in [2.05, 4.69) is 10.3 Å². The lowest BCUT2D eigenvalue weighted by Gasteiger charge is -2.09. The van der Waals surface area contributed by atoms with Gasteiger partial charge < -0.3 is 15.2 Å². The zero-order valence-electron chi connectivity index (χ0n) is 10.1. The van der Waals surface area contributed by atoms with Crippen LogP contribution in [-0.4, -0.2) is 40.9 Å². The summed E-state index contributed by atoms with van der Waals surface area (Å²) in [5.41, 5.74) is 0.953. The molecular weight excluding hydrogens is 274 g/mol. The van der Waals surface area contributed by atoms with Crippen LogP contribution in [0.4, 0.5) is 0 Å². The van der Waals surface area contributed by atoms with Crippen molar-refractivity contribution >= 4 is 27.9 Å². The molecule has 0 saturated carbocycles. The molecule has 0 aliphatic carbocycles. The van der Waals surface area contributed by atoms with Gasteiger partial charge in [0.2, 0.25) is 0 Å². The Bertz CT molecular complexity index is 499. The molecule has 5 nitrogen and oxygen atoms in total. The molecule has 18 heavy (non-hydrogen) atoms. The Labute approximate surface area is 114 Å². The number of aliphatic hydroxyl groups excluding tert-OH is 1. The molecule has 100 valence electrons. The van der Waals surface area contributed by atoms with Crippen LogP contribution < -0.4 is 5.32 Å². The fraction of sp³-hybridized carbons (Fsp3) is 0.545. The molecule has 0 aromatic carbocycles. The lowest BCUT2D eigenvalue weighted by atomic mass is 10.2. The Morgan fingerprint density at radius 1 is 1.67 bits per heavy atom. The summed E-state index contributed by atoms with van der Waals surface area (Å²) in [4.78, 5) is 5.15. The minimum absolute atomic E-state index is 0.365. The van der Waals surface area contributed by atoms with E-state index in [4.69, 9.17) is 16.3 Å². The van der Waals surface area contributed by atoms with Crippen LogP contribution in [0.25, 0.3) is 4.96 Å². The summed E-state index contributed by atoms with van der Waals surface area (Å²) >= 11 is 7.62. The summed E-state index contributed by atoms with van der Waals surface area (Å²) < 4.78 is 6.84. The highest BCUT2D eigenvalue weighted by molar-refractivity contribution is 7.15. The van der Waals surface area contributed by atoms with E-state index in [1.165, 1.54) is 0 Å². The SMILES string of the molecule is COCC(O)CCNCc1c(Cl)nc2sccn12. The van der Waals surface area contributed by atoms with Crippen LogP contribution in [0.5, 0.6) is 0 Å². The minimum atomic E-state index is -0.426. The quantitative estimate of drug-likeness (QED) is 0.759. The number of nitrogens with one attached hydrogen (secondary N) is 1. The predicted octanol–water partition coefficient (Wildman–Crippen LogP) is 1.54. The number of methoxy groups -OCH3 is 1. The second kappa shape index (κ2) is 6.49. The van der Waals surface area contributed by atoms with Crippen molar-refractivity contribution in [1.82, 2.24) is 14.7 Å². The first kappa shape index (κ1) is 13.8. The largest absolute Gasteiger partial charge is 0.391 e. The third kappa shape index (κ3) is 3.21. The zero-order valence-corrected chi connectivity index (χ0v) is 11.7. The maximum absolute atomic E-state index is 9.49. The first-order chi connectivity index (χ1) is 8.72. The van der Waals surface area contributed by atoms with Gasteiger partial charge in [-0.15, -0.1) is 11.3 Å². The van der Waals surface area contributed by atoms with E-state index in [1.54, 1.807) is 18.4 Å². The van der Waals surface area contributed by atoms with Crippen LogP contribution in [0.1, 0.15) is 12.1 Å². The smallest absolute Gasteiger partial charge is 0.195 e. The molecule has 1 atom stereocenters. The van der Waals surface area contributed by atoms with E-state index < -0.39 is 6.10 Å². The summed E-state index contributed by atoms with van der Waals surface area (Å²) in [7, 11) is 1.58. The number of hydrogen-bond acceptors (Lipinski definition) is 5. The van der Waals surface area contributed by atoms with Gasteiger partial charge in [-0.05, 0) is 13.0 Å². The van der Waals surface area contributed by atoms with E-state index in [0.717, 1.165) is 10.7 Å². The molecular formula is C11H16ClN3O2S. The first-order valence-electron chi connectivity index (χ1n) is 5.70. The molecule has 0 radical (unpaired) electrons. The van der Waals surface area contributed by atoms with Gasteiger partial charge >= 0.3 is 0 Å². The first-order valence-corrected chi connectivity index (χ1v) is 6.95. The van der Waals surface area contributed by atoms with Gasteiger partial charge in [-0.1, -0.05) is 11.6 Å². The van der Waals surface area contributed by atoms with Gasteiger partial charge in [-0.2, -0.15) is 0 Å². The molecule has 2 N–H and O–H groups in total. The predicted molar refractivity (Wildman–Crippen MR) is 72.3 cm³/mol. The number of aromatic nitrogens is 2. The highest BCUT2D eigenvalue weighted by Crippen LogP contribution is 2.20. The van der Waals surface area contributed by atoms with Crippen LogP contribution in [0.15, 0.2) is 11.6 Å². The molecule has 0 bridgehead atoms. The standard InChI is InChI=1S/C11H16ClN3O2S/c1-17-7-8(16)2-3-13-6-9-10(12)14-11-15(9)4-5-18-11/h4-5,8,13,16H,2-3,6-7H2,1H3. The second-order valence-electron chi connectivity index (χ2n) is 3.98. The molecule has 1 unspecified atom stereocenters. The summed E-state index contributed by atoms with van der Waals surface area (Å²) in [5.74, 6) is 0. The monoisotopic (exact) mass is 289 g/mol. The van der Waals surface area contributed by atoms with Crippen LogP contribution in [0.2, 0.25) is 5.15 Å². The van der Waals surface area contributed by atoms with Crippen LogP contribution >= 0.6 is 22.9 Å². The van der Waals surface area contributed by atoms with Gasteiger partial charge in [0.1, 0.15) is 0 Å². The van der Waals surface area contributed by atoms with E-state index in [9.17, 15) is 5.11 Å². The van der Waals surface area contributed by atoms with Gasteiger partial charge in [0.25, 0.3) is 0 Å². The van der Waals surface area contributed by atoms with E-state index >= 15 is 0 Å². The number of halogens is 1. The summed E-state index contributed by atoms with van der Waals surface area (Å²) in [6, 6.07) is 0. The van der Waals surface area contributed by atoms with Crippen LogP contribution in [-0.2, 0) is 11.3 Å². The molecule has 2 rings (SSSR count). The van der Waals surface area contributed by atoms with Crippen molar-refractivity contribution in [2.24, 2.45) is 0 Å². The number of aliphatic hydroxyl groups is 1. The minimum Gasteiger partial charge on any atom is -0.391 e. The maximum atomic E-state index is 9.49. The third-order valence-corrected chi connectivity index (χ3v) is 3.68. The fourth-order valence-electron chi connectivity index (χ4n) is 1.72. The number of thiazole rings is 1. The Kier molecular flexibility index (Phi) is 4.96. The number of fused-ring (bicyclic) bond motifs is 1. The Morgan fingerprint density at radius 2 is 2.50 bits per heavy atom. The Balaban J connectivity index is 1.83. The molecule has 0 aliphatic heterocycles. The van der Waals surface area contributed by atoms with Gasteiger partial charge in [-0.3, -0.25) is 4.40 Å². The van der Waals surface area contributed by atoms with Gasteiger partial charge in [-0.25, -0.2) is 4.98 Å². The molecule has 0 spiro atoms. The molecule has 0 aliphatic rings. The lowest BCUT2D eigenvalue weighted by Crippen LogP contribution is -2.23. The third-order valence-electron chi connectivity index (χ3n) is 2.62. The molecule has 2 aromatic rings. The van der Waals surface area contributed by atoms with Crippen molar-refractivity contribution in [3.63, 3.8) is 0 Å². The number of imidazole rings is 1. The number of rotatable bonds is 7. The second-order valence-corrected chi connectivity index (χ2v) is 5.21. The zero-order chi connectivity index (χ0) is 13.0. The van der Waals surface area contributed by atoms with Crippen LogP contribution in [0.3, 0.4) is 0 Å². The van der Waals surface area contributed by atoms with Crippen LogP contribution in [0, 0.1) is 0 Å². The van der Waals surface area contributed by atoms with Crippen molar-refractivity contribution in [3.05, 3.63) is 22.4 Å². The fourth-order valence-corrected chi connectivity index (χ4v) is 2.74. The van der Waals surface area contributed by atoms with Crippen molar-refractivity contribution < 1.29 is 9.84 Å². The normalized spacial score (nSPS) is 13.3. The highest BCUT2D eigenvalue weighted by Gasteiger charge is 2.10. The lowest BCUT2D eigenvalue weighted by molar-refractivity contribution is 0.0594. The molecule has 0 saturated heterocycles. The molecule has 2 aromatic heterocycles. The average Bonchev–Trinajstić information content (AvgIpc) is 2.87. The Hall–Kier alpha value is -0.660. The van der Waals surface area contributed by atoms with E-state index in [-0.39, 0.29) is 0 Å². The Morgan fingerprint density at radius 3 is 3.28 bits per heavy atom. The van der Waals surface area contributed by atoms with Crippen molar-refractivity contribution in [2.45, 2.75) is 19.1 Å². The number of ether oxygens (including phenoxy) is 1. The average molecular weight is 290 g/mol. The summed E-state index contributed by atoms with van der Waals surface area (Å²) in [5, 5.41) is 15.2. The van der Waals surface area contributed by atoms with E-state index in [1.807, 2.05) is 16.0 Å². The highest BCUT2D eigenvalue weighted by atomic mass is 35.5. The molecule has 0 amide bonds. The van der Waals surface area contributed by atoms with Gasteiger partial charge in [0.05, 0.1) is 18.4 Å². The molecule has 7 heteroatoms. The van der Waals surface area contributed by atoms with Crippen molar-refractivity contribution in [3.8, 4) is 0 Å². The van der Waals surface area contributed by atoms with Gasteiger partial charge in [0.15, 0.2) is 10.1 Å². The number of hydrogen-bond donors (Lipinski definition) is 2.